The van der Waals surface area contributed by atoms with Crippen molar-refractivity contribution in [2.75, 3.05) is 0 Å². The zero-order chi connectivity index (χ0) is 35.4. The van der Waals surface area contributed by atoms with Gasteiger partial charge in [0.05, 0.1) is 0 Å². The average Bonchev–Trinajstić information content (AvgIpc) is 3.66. The van der Waals surface area contributed by atoms with Crippen LogP contribution in [0.3, 0.4) is 0 Å². The van der Waals surface area contributed by atoms with Gasteiger partial charge in [-0.3, -0.25) is 0 Å². The van der Waals surface area contributed by atoms with Crippen LogP contribution >= 0.6 is 0 Å². The third kappa shape index (κ3) is 11.3. The molecule has 0 saturated heterocycles. The van der Waals surface area contributed by atoms with E-state index in [1.165, 1.54) is 70.6 Å². The first-order chi connectivity index (χ1) is 22.0. The van der Waals surface area contributed by atoms with Crippen LogP contribution in [-0.2, 0) is 28.6 Å². The molecule has 0 aromatic carbocycles. The van der Waals surface area contributed by atoms with Crippen molar-refractivity contribution in [3.8, 4) is 0 Å². The molecule has 4 saturated carbocycles. The SMILES string of the molecule is C=C(C)C(=O)OC1(C(C)C)CCCCCC1.C=C(C)C(=O)OC1(C)C(C)CCCC1C.C=C(C)C(=O)OC1(C2CCCC2)CCCC1. The minimum absolute atomic E-state index is 0.132. The zero-order valence-electron chi connectivity index (χ0n) is 31.4. The van der Waals surface area contributed by atoms with Crippen LogP contribution in [0.5, 0.6) is 0 Å². The van der Waals surface area contributed by atoms with Crippen molar-refractivity contribution in [3.63, 3.8) is 0 Å². The highest BCUT2D eigenvalue weighted by Gasteiger charge is 2.46. The van der Waals surface area contributed by atoms with Crippen molar-refractivity contribution in [2.45, 2.75) is 181 Å². The van der Waals surface area contributed by atoms with Gasteiger partial charge in [0.2, 0.25) is 0 Å². The van der Waals surface area contributed by atoms with Gasteiger partial charge in [-0.15, -0.1) is 0 Å². The Morgan fingerprint density at radius 2 is 0.979 bits per heavy atom. The normalized spacial score (nSPS) is 26.7. The average molecular weight is 657 g/mol. The second kappa shape index (κ2) is 18.4. The number of ether oxygens (including phenoxy) is 3. The molecule has 0 aromatic rings. The molecule has 6 heteroatoms. The minimum atomic E-state index is -0.311. The van der Waals surface area contributed by atoms with Gasteiger partial charge in [-0.2, -0.15) is 0 Å². The number of hydrogen-bond acceptors (Lipinski definition) is 6. The summed E-state index contributed by atoms with van der Waals surface area (Å²) in [7, 11) is 0. The highest BCUT2D eigenvalue weighted by atomic mass is 16.6. The summed E-state index contributed by atoms with van der Waals surface area (Å²) in [5.74, 6) is 1.20. The van der Waals surface area contributed by atoms with Crippen LogP contribution in [0.15, 0.2) is 36.5 Å². The fourth-order valence-electron chi connectivity index (χ4n) is 7.96. The summed E-state index contributed by atoms with van der Waals surface area (Å²) in [5.41, 5.74) is 0.836. The number of carbonyl (C=O) groups is 3. The molecule has 268 valence electrons. The van der Waals surface area contributed by atoms with Gasteiger partial charge in [-0.25, -0.2) is 14.4 Å². The maximum atomic E-state index is 11.7. The Morgan fingerprint density at radius 1 is 0.574 bits per heavy atom. The van der Waals surface area contributed by atoms with E-state index in [9.17, 15) is 14.4 Å². The number of rotatable bonds is 8. The molecule has 4 rings (SSSR count). The Hall–Kier alpha value is -2.37. The lowest BCUT2D eigenvalue weighted by atomic mass is 9.71. The lowest BCUT2D eigenvalue weighted by Gasteiger charge is -2.44. The van der Waals surface area contributed by atoms with Crippen molar-refractivity contribution in [1.82, 2.24) is 0 Å². The van der Waals surface area contributed by atoms with Gasteiger partial charge in [0.15, 0.2) is 0 Å². The minimum Gasteiger partial charge on any atom is -0.455 e. The maximum absolute atomic E-state index is 11.7. The Morgan fingerprint density at radius 3 is 1.40 bits per heavy atom. The standard InChI is InChI=1S/C14H22O2.C14H24O2.C13H22O2/c1-11(2)13(15)16-14(9-5-6-10-14)12-7-3-4-8-12;1-11(2)13(15)16-14(12(3)4)9-7-5-6-8-10-14;1-9(2)12(14)15-13(5)10(3)7-6-8-11(13)4/h12H,1,3-10H2,2H3;12H,1,5-10H2,2-4H3;10-11H,1,6-8H2,2-5H3. The van der Waals surface area contributed by atoms with Crippen molar-refractivity contribution in [2.24, 2.45) is 23.7 Å². The first kappa shape index (κ1) is 40.8. The van der Waals surface area contributed by atoms with Gasteiger partial charge in [-0.1, -0.05) is 79.5 Å². The second-order valence-corrected chi connectivity index (χ2v) is 15.8. The van der Waals surface area contributed by atoms with Crippen LogP contribution < -0.4 is 0 Å². The molecule has 4 fully saturated rings. The largest absolute Gasteiger partial charge is 0.455 e. The molecule has 2 unspecified atom stereocenters. The van der Waals surface area contributed by atoms with E-state index >= 15 is 0 Å². The lowest BCUT2D eigenvalue weighted by Crippen LogP contribution is -2.46. The Labute approximate surface area is 287 Å². The molecule has 4 aliphatic rings. The molecule has 0 amide bonds. The molecule has 0 spiro atoms. The predicted octanol–water partition coefficient (Wildman–Crippen LogP) is 10.8. The van der Waals surface area contributed by atoms with Crippen LogP contribution in [0.4, 0.5) is 0 Å². The Balaban J connectivity index is 0.000000245. The summed E-state index contributed by atoms with van der Waals surface area (Å²) in [4.78, 5) is 35.0. The topological polar surface area (TPSA) is 78.9 Å². The third-order valence-electron chi connectivity index (χ3n) is 11.7. The second-order valence-electron chi connectivity index (χ2n) is 15.8. The fraction of sp³-hybridized carbons (Fsp3) is 0.780. The van der Waals surface area contributed by atoms with Gasteiger partial charge < -0.3 is 14.2 Å². The summed E-state index contributed by atoms with van der Waals surface area (Å²) in [6, 6.07) is 0. The highest BCUT2D eigenvalue weighted by Crippen LogP contribution is 2.47. The van der Waals surface area contributed by atoms with E-state index in [0.29, 0.717) is 40.4 Å². The molecule has 4 aliphatic carbocycles. The summed E-state index contributed by atoms with van der Waals surface area (Å²) in [6.07, 6.45) is 20.0. The van der Waals surface area contributed by atoms with E-state index in [2.05, 4.69) is 54.4 Å². The van der Waals surface area contributed by atoms with Crippen LogP contribution in [0.25, 0.3) is 0 Å². The van der Waals surface area contributed by atoms with Gasteiger partial charge in [0.25, 0.3) is 0 Å². The van der Waals surface area contributed by atoms with Crippen LogP contribution in [0, 0.1) is 23.7 Å². The molecular formula is C41H68O6. The van der Waals surface area contributed by atoms with E-state index in [4.69, 9.17) is 14.2 Å². The Kier molecular flexibility index (Phi) is 16.0. The molecule has 0 N–H and O–H groups in total. The van der Waals surface area contributed by atoms with Crippen LogP contribution in [0.1, 0.15) is 165 Å². The third-order valence-corrected chi connectivity index (χ3v) is 11.7. The van der Waals surface area contributed by atoms with Crippen molar-refractivity contribution < 1.29 is 28.6 Å². The lowest BCUT2D eigenvalue weighted by molar-refractivity contribution is -0.170. The van der Waals surface area contributed by atoms with Gasteiger partial charge in [0.1, 0.15) is 16.8 Å². The molecule has 0 heterocycles. The predicted molar refractivity (Wildman–Crippen MR) is 192 cm³/mol. The quantitative estimate of drug-likeness (QED) is 0.112. The first-order valence-electron chi connectivity index (χ1n) is 18.7. The molecule has 2 atom stereocenters. The van der Waals surface area contributed by atoms with Crippen molar-refractivity contribution in [1.29, 1.82) is 0 Å². The summed E-state index contributed by atoms with van der Waals surface area (Å²) >= 11 is 0. The van der Waals surface area contributed by atoms with E-state index in [-0.39, 0.29) is 34.7 Å². The highest BCUT2D eigenvalue weighted by molar-refractivity contribution is 5.88. The molecule has 0 aromatic heterocycles. The number of carbonyl (C=O) groups excluding carboxylic acids is 3. The smallest absolute Gasteiger partial charge is 0.333 e. The van der Waals surface area contributed by atoms with Gasteiger partial charge in [-0.05, 0) is 128 Å². The van der Waals surface area contributed by atoms with E-state index < -0.39 is 0 Å². The molecule has 6 nitrogen and oxygen atoms in total. The maximum Gasteiger partial charge on any atom is 0.333 e. The zero-order valence-corrected chi connectivity index (χ0v) is 31.4. The summed E-state index contributed by atoms with van der Waals surface area (Å²) < 4.78 is 17.2. The summed E-state index contributed by atoms with van der Waals surface area (Å²) in [5, 5.41) is 0. The Bertz CT molecular complexity index is 1040. The molecule has 0 radical (unpaired) electrons. The molecule has 47 heavy (non-hydrogen) atoms. The molecular weight excluding hydrogens is 588 g/mol. The fourth-order valence-corrected chi connectivity index (χ4v) is 7.96. The van der Waals surface area contributed by atoms with Crippen molar-refractivity contribution in [3.05, 3.63) is 36.5 Å². The van der Waals surface area contributed by atoms with Gasteiger partial charge in [0, 0.05) is 16.7 Å². The molecule has 0 bridgehead atoms. The van der Waals surface area contributed by atoms with Crippen LogP contribution in [0.2, 0.25) is 0 Å². The van der Waals surface area contributed by atoms with E-state index in [0.717, 1.165) is 38.5 Å². The first-order valence-corrected chi connectivity index (χ1v) is 18.7. The van der Waals surface area contributed by atoms with E-state index in [1.807, 2.05) is 0 Å². The van der Waals surface area contributed by atoms with E-state index in [1.54, 1.807) is 20.8 Å². The molecule has 0 aliphatic heterocycles. The van der Waals surface area contributed by atoms with Crippen LogP contribution in [-0.4, -0.2) is 34.7 Å². The monoisotopic (exact) mass is 657 g/mol. The van der Waals surface area contributed by atoms with Crippen molar-refractivity contribution >= 4 is 17.9 Å². The number of hydrogen-bond donors (Lipinski definition) is 0. The summed E-state index contributed by atoms with van der Waals surface area (Å²) in [6.45, 7) is 26.8. The van der Waals surface area contributed by atoms with Gasteiger partial charge >= 0.3 is 17.9 Å². The number of esters is 3.